The van der Waals surface area contributed by atoms with Gasteiger partial charge in [-0.1, -0.05) is 11.2 Å². The SMILES string of the molecule is CNC(C)Cc1noc(-c2ccc(C)c(NC(=O)c3ccco3)c2)n1. The molecular formula is C18H20N4O3. The van der Waals surface area contributed by atoms with E-state index in [1.54, 1.807) is 12.1 Å². The third-order valence-corrected chi connectivity index (χ3v) is 3.93. The maximum absolute atomic E-state index is 12.2. The van der Waals surface area contributed by atoms with Crippen molar-refractivity contribution in [3.63, 3.8) is 0 Å². The second kappa shape index (κ2) is 7.31. The number of anilines is 1. The Labute approximate surface area is 145 Å². The normalized spacial score (nSPS) is 12.1. The van der Waals surface area contributed by atoms with Crippen molar-refractivity contribution < 1.29 is 13.7 Å². The number of rotatable bonds is 6. The van der Waals surface area contributed by atoms with E-state index in [0.717, 1.165) is 11.1 Å². The quantitative estimate of drug-likeness (QED) is 0.716. The molecule has 0 aliphatic heterocycles. The minimum absolute atomic E-state index is 0.255. The smallest absolute Gasteiger partial charge is 0.291 e. The minimum Gasteiger partial charge on any atom is -0.459 e. The van der Waals surface area contributed by atoms with Gasteiger partial charge in [0.1, 0.15) is 0 Å². The summed E-state index contributed by atoms with van der Waals surface area (Å²) in [7, 11) is 1.89. The van der Waals surface area contributed by atoms with E-state index in [0.29, 0.717) is 23.8 Å². The number of carbonyl (C=O) groups is 1. The van der Waals surface area contributed by atoms with Crippen LogP contribution < -0.4 is 10.6 Å². The van der Waals surface area contributed by atoms with Crippen LogP contribution in [0.15, 0.2) is 45.5 Å². The summed E-state index contributed by atoms with van der Waals surface area (Å²) in [5, 5.41) is 9.98. The molecule has 0 fully saturated rings. The third kappa shape index (κ3) is 3.95. The van der Waals surface area contributed by atoms with Crippen molar-refractivity contribution in [1.82, 2.24) is 15.5 Å². The lowest BCUT2D eigenvalue weighted by molar-refractivity contribution is 0.0996. The molecule has 25 heavy (non-hydrogen) atoms. The van der Waals surface area contributed by atoms with Gasteiger partial charge < -0.3 is 19.6 Å². The van der Waals surface area contributed by atoms with E-state index in [2.05, 4.69) is 20.8 Å². The number of nitrogens with one attached hydrogen (secondary N) is 2. The summed E-state index contributed by atoms with van der Waals surface area (Å²) >= 11 is 0. The number of nitrogens with zero attached hydrogens (tertiary/aromatic N) is 2. The molecule has 0 bridgehead atoms. The summed E-state index contributed by atoms with van der Waals surface area (Å²) in [5.74, 6) is 1.01. The number of amides is 1. The van der Waals surface area contributed by atoms with Gasteiger partial charge in [0.05, 0.1) is 6.26 Å². The summed E-state index contributed by atoms with van der Waals surface area (Å²) in [4.78, 5) is 16.6. The average molecular weight is 340 g/mol. The molecule has 7 heteroatoms. The van der Waals surface area contributed by atoms with Crippen molar-refractivity contribution in [3.05, 3.63) is 53.7 Å². The van der Waals surface area contributed by atoms with Crippen molar-refractivity contribution in [2.24, 2.45) is 0 Å². The summed E-state index contributed by atoms with van der Waals surface area (Å²) in [6, 6.07) is 9.14. The Hall–Kier alpha value is -2.93. The van der Waals surface area contributed by atoms with E-state index in [4.69, 9.17) is 8.94 Å². The number of likely N-dealkylation sites (N-methyl/N-ethyl adjacent to an activating group) is 1. The second-order valence-electron chi connectivity index (χ2n) is 5.87. The van der Waals surface area contributed by atoms with Gasteiger partial charge in [-0.15, -0.1) is 0 Å². The van der Waals surface area contributed by atoms with Gasteiger partial charge in [0.25, 0.3) is 11.8 Å². The lowest BCUT2D eigenvalue weighted by Gasteiger charge is -2.08. The van der Waals surface area contributed by atoms with E-state index in [-0.39, 0.29) is 17.7 Å². The van der Waals surface area contributed by atoms with Gasteiger partial charge in [0, 0.05) is 23.7 Å². The standard InChI is InChI=1S/C18H20N4O3/c1-11-6-7-13(18-21-16(22-25-18)9-12(2)19-3)10-14(11)20-17(23)15-5-4-8-24-15/h4-8,10,12,19H,9H2,1-3H3,(H,20,23). The van der Waals surface area contributed by atoms with Gasteiger partial charge in [-0.2, -0.15) is 4.98 Å². The molecule has 7 nitrogen and oxygen atoms in total. The fourth-order valence-corrected chi connectivity index (χ4v) is 2.31. The first-order chi connectivity index (χ1) is 12.1. The Balaban J connectivity index is 1.80. The van der Waals surface area contributed by atoms with E-state index in [9.17, 15) is 4.79 Å². The molecule has 0 saturated carbocycles. The van der Waals surface area contributed by atoms with Crippen LogP contribution in [0.2, 0.25) is 0 Å². The lowest BCUT2D eigenvalue weighted by Crippen LogP contribution is -2.24. The van der Waals surface area contributed by atoms with Crippen LogP contribution in [0, 0.1) is 6.92 Å². The zero-order valence-corrected chi connectivity index (χ0v) is 14.4. The molecule has 130 valence electrons. The van der Waals surface area contributed by atoms with Crippen LogP contribution in [-0.2, 0) is 6.42 Å². The van der Waals surface area contributed by atoms with Crippen LogP contribution in [0.3, 0.4) is 0 Å². The maximum Gasteiger partial charge on any atom is 0.291 e. The highest BCUT2D eigenvalue weighted by Crippen LogP contribution is 2.25. The molecule has 0 radical (unpaired) electrons. The largest absolute Gasteiger partial charge is 0.459 e. The lowest BCUT2D eigenvalue weighted by atomic mass is 10.1. The summed E-state index contributed by atoms with van der Waals surface area (Å²) in [6.45, 7) is 3.96. The van der Waals surface area contributed by atoms with Gasteiger partial charge >= 0.3 is 0 Å². The van der Waals surface area contributed by atoms with Crippen LogP contribution in [0.25, 0.3) is 11.5 Å². The molecule has 0 saturated heterocycles. The van der Waals surface area contributed by atoms with Crippen LogP contribution in [-0.4, -0.2) is 29.1 Å². The molecular weight excluding hydrogens is 320 g/mol. The van der Waals surface area contributed by atoms with Gasteiger partial charge in [-0.3, -0.25) is 4.79 Å². The van der Waals surface area contributed by atoms with Crippen molar-refractivity contribution in [2.75, 3.05) is 12.4 Å². The van der Waals surface area contributed by atoms with E-state index >= 15 is 0 Å². The predicted molar refractivity (Wildman–Crippen MR) is 93.4 cm³/mol. The van der Waals surface area contributed by atoms with E-state index in [1.165, 1.54) is 6.26 Å². The first kappa shape index (κ1) is 16.9. The number of hydrogen-bond donors (Lipinski definition) is 2. The van der Waals surface area contributed by atoms with Crippen LogP contribution in [0.4, 0.5) is 5.69 Å². The molecule has 2 heterocycles. The van der Waals surface area contributed by atoms with Gasteiger partial charge in [-0.25, -0.2) is 0 Å². The average Bonchev–Trinajstić information content (AvgIpc) is 3.28. The molecule has 1 aromatic carbocycles. The molecule has 0 aliphatic rings. The molecule has 0 spiro atoms. The van der Waals surface area contributed by atoms with Gasteiger partial charge in [0.2, 0.25) is 0 Å². The fourth-order valence-electron chi connectivity index (χ4n) is 2.31. The van der Waals surface area contributed by atoms with E-state index in [1.807, 2.05) is 39.1 Å². The summed E-state index contributed by atoms with van der Waals surface area (Å²) < 4.78 is 10.5. The Kier molecular flexibility index (Phi) is 4.95. The monoisotopic (exact) mass is 340 g/mol. The highest BCUT2D eigenvalue weighted by Gasteiger charge is 2.14. The molecule has 1 unspecified atom stereocenters. The third-order valence-electron chi connectivity index (χ3n) is 3.93. The highest BCUT2D eigenvalue weighted by atomic mass is 16.5. The molecule has 2 N–H and O–H groups in total. The van der Waals surface area contributed by atoms with Crippen molar-refractivity contribution in [2.45, 2.75) is 26.3 Å². The first-order valence-electron chi connectivity index (χ1n) is 8.02. The molecule has 3 rings (SSSR count). The Morgan fingerprint density at radius 1 is 1.32 bits per heavy atom. The fraction of sp³-hybridized carbons (Fsp3) is 0.278. The maximum atomic E-state index is 12.2. The van der Waals surface area contributed by atoms with Crippen LogP contribution in [0.5, 0.6) is 0 Å². The number of benzene rings is 1. The zero-order chi connectivity index (χ0) is 17.8. The van der Waals surface area contributed by atoms with Crippen molar-refractivity contribution in [3.8, 4) is 11.5 Å². The van der Waals surface area contributed by atoms with Crippen LogP contribution >= 0.6 is 0 Å². The molecule has 2 aromatic heterocycles. The number of hydrogen-bond acceptors (Lipinski definition) is 6. The topological polar surface area (TPSA) is 93.2 Å². The van der Waals surface area contributed by atoms with Crippen LogP contribution in [0.1, 0.15) is 28.9 Å². The number of carbonyl (C=O) groups excluding carboxylic acids is 1. The zero-order valence-electron chi connectivity index (χ0n) is 14.4. The van der Waals surface area contributed by atoms with E-state index < -0.39 is 0 Å². The Bertz CT molecular complexity index is 855. The number of aromatic nitrogens is 2. The molecule has 1 atom stereocenters. The molecule has 1 amide bonds. The van der Waals surface area contributed by atoms with Crippen molar-refractivity contribution >= 4 is 11.6 Å². The van der Waals surface area contributed by atoms with Crippen molar-refractivity contribution in [1.29, 1.82) is 0 Å². The molecule has 0 aliphatic carbocycles. The summed E-state index contributed by atoms with van der Waals surface area (Å²) in [6.07, 6.45) is 2.14. The number of aryl methyl sites for hydroxylation is 1. The molecule has 3 aromatic rings. The second-order valence-corrected chi connectivity index (χ2v) is 5.87. The Morgan fingerprint density at radius 2 is 2.16 bits per heavy atom. The first-order valence-corrected chi connectivity index (χ1v) is 8.02. The van der Waals surface area contributed by atoms with Gasteiger partial charge in [0.15, 0.2) is 11.6 Å². The highest BCUT2D eigenvalue weighted by molar-refractivity contribution is 6.02. The van der Waals surface area contributed by atoms with Gasteiger partial charge in [-0.05, 0) is 50.7 Å². The summed E-state index contributed by atoms with van der Waals surface area (Å²) in [5.41, 5.74) is 2.34. The number of furan rings is 1. The predicted octanol–water partition coefficient (Wildman–Crippen LogP) is 3.04. The minimum atomic E-state index is -0.306. The Morgan fingerprint density at radius 3 is 2.88 bits per heavy atom.